The third kappa shape index (κ3) is 6.31. The summed E-state index contributed by atoms with van der Waals surface area (Å²) in [6.45, 7) is 9.12. The van der Waals surface area contributed by atoms with Crippen LogP contribution in [0.4, 0.5) is 0 Å². The summed E-state index contributed by atoms with van der Waals surface area (Å²) in [5, 5.41) is 6.57. The molecule has 0 aliphatic carbocycles. The Bertz CT molecular complexity index is 419. The van der Waals surface area contributed by atoms with Crippen molar-refractivity contribution in [2.75, 3.05) is 6.54 Å². The van der Waals surface area contributed by atoms with Gasteiger partial charge in [-0.2, -0.15) is 0 Å². The molecular weight excluding hydrogens is 298 g/mol. The lowest BCUT2D eigenvalue weighted by Crippen LogP contribution is -2.62. The summed E-state index contributed by atoms with van der Waals surface area (Å²) < 4.78 is 0.798. The maximum Gasteiger partial charge on any atom is 0.221 e. The van der Waals surface area contributed by atoms with Crippen LogP contribution in [0.15, 0.2) is 24.6 Å². The van der Waals surface area contributed by atoms with Crippen molar-refractivity contribution in [1.82, 2.24) is 10.6 Å². The van der Waals surface area contributed by atoms with Gasteiger partial charge in [-0.25, -0.2) is 0 Å². The Morgan fingerprint density at radius 1 is 1.21 bits per heavy atom. The van der Waals surface area contributed by atoms with Gasteiger partial charge in [-0.05, 0) is 39.0 Å². The monoisotopic (exact) mass is 336 g/mol. The number of unbranched alkanes of at least 4 members (excludes halogenated alkanes) is 5. The summed E-state index contributed by atoms with van der Waals surface area (Å²) in [5.74, 6) is 0.0423. The summed E-state index contributed by atoms with van der Waals surface area (Å²) in [6, 6.07) is 0. The van der Waals surface area contributed by atoms with Gasteiger partial charge in [0.05, 0.1) is 12.7 Å². The molecule has 4 nitrogen and oxygen atoms in total. The van der Waals surface area contributed by atoms with Gasteiger partial charge in [0, 0.05) is 20.3 Å². The standard InChI is InChI=1S/C20H37N3O/c1-5-7-8-9-10-11-12-13-14-15-20-21-16-17-23(20,6-2)18(3)22-19(4)24/h10-11,16-18,20-21H,5-9,12-15H2,1-4H3/p+1/b11-10+. The van der Waals surface area contributed by atoms with Crippen molar-refractivity contribution in [3.8, 4) is 0 Å². The minimum absolute atomic E-state index is 0.0423. The molecule has 1 amide bonds. The minimum Gasteiger partial charge on any atom is -0.338 e. The highest BCUT2D eigenvalue weighted by Gasteiger charge is 2.41. The first-order valence-electron chi connectivity index (χ1n) is 9.79. The van der Waals surface area contributed by atoms with Gasteiger partial charge in [-0.15, -0.1) is 0 Å². The van der Waals surface area contributed by atoms with Crippen LogP contribution in [0.25, 0.3) is 0 Å². The fourth-order valence-electron chi connectivity index (χ4n) is 3.62. The highest BCUT2D eigenvalue weighted by atomic mass is 16.1. The molecule has 0 aromatic rings. The van der Waals surface area contributed by atoms with Crippen molar-refractivity contribution in [1.29, 1.82) is 0 Å². The molecule has 3 unspecified atom stereocenters. The largest absolute Gasteiger partial charge is 0.338 e. The van der Waals surface area contributed by atoms with E-state index >= 15 is 0 Å². The maximum atomic E-state index is 11.4. The third-order valence-electron chi connectivity index (χ3n) is 5.14. The van der Waals surface area contributed by atoms with E-state index < -0.39 is 0 Å². The first-order chi connectivity index (χ1) is 11.6. The second-order valence-corrected chi connectivity index (χ2v) is 6.94. The highest BCUT2D eigenvalue weighted by Crippen LogP contribution is 2.25. The average molecular weight is 337 g/mol. The van der Waals surface area contributed by atoms with Gasteiger partial charge in [0.15, 0.2) is 12.3 Å². The number of carbonyl (C=O) groups excluding carboxylic acids is 1. The number of rotatable bonds is 12. The molecule has 4 heteroatoms. The van der Waals surface area contributed by atoms with E-state index in [-0.39, 0.29) is 12.1 Å². The van der Waals surface area contributed by atoms with E-state index in [2.05, 4.69) is 56.0 Å². The Hall–Kier alpha value is -1.29. The van der Waals surface area contributed by atoms with Crippen LogP contribution in [-0.2, 0) is 4.79 Å². The molecule has 138 valence electrons. The second-order valence-electron chi connectivity index (χ2n) is 6.94. The van der Waals surface area contributed by atoms with Crippen LogP contribution in [0.5, 0.6) is 0 Å². The zero-order valence-electron chi connectivity index (χ0n) is 16.2. The molecule has 1 heterocycles. The molecule has 24 heavy (non-hydrogen) atoms. The normalized spacial score (nSPS) is 24.2. The maximum absolute atomic E-state index is 11.4. The highest BCUT2D eigenvalue weighted by molar-refractivity contribution is 5.72. The summed E-state index contributed by atoms with van der Waals surface area (Å²) >= 11 is 0. The molecule has 0 saturated heterocycles. The number of hydrogen-bond acceptors (Lipinski definition) is 2. The van der Waals surface area contributed by atoms with E-state index in [1.54, 1.807) is 6.92 Å². The molecule has 0 spiro atoms. The van der Waals surface area contributed by atoms with Gasteiger partial charge in [0.25, 0.3) is 0 Å². The van der Waals surface area contributed by atoms with E-state index in [0.717, 1.165) is 17.4 Å². The molecule has 0 fully saturated rings. The first-order valence-corrected chi connectivity index (χ1v) is 9.79. The van der Waals surface area contributed by atoms with Crippen molar-refractivity contribution in [3.63, 3.8) is 0 Å². The Balaban J connectivity index is 2.34. The molecule has 0 bridgehead atoms. The molecular formula is C20H38N3O+. The summed E-state index contributed by atoms with van der Waals surface area (Å²) in [5.41, 5.74) is 0. The van der Waals surface area contributed by atoms with Gasteiger partial charge in [-0.1, -0.05) is 31.9 Å². The first kappa shape index (κ1) is 20.8. The van der Waals surface area contributed by atoms with Crippen molar-refractivity contribution < 1.29 is 9.28 Å². The van der Waals surface area contributed by atoms with Crippen molar-refractivity contribution >= 4 is 5.91 Å². The fourth-order valence-corrected chi connectivity index (χ4v) is 3.62. The molecule has 2 N–H and O–H groups in total. The van der Waals surface area contributed by atoms with Crippen LogP contribution in [0.1, 0.15) is 79.1 Å². The van der Waals surface area contributed by atoms with Crippen molar-refractivity contribution in [3.05, 3.63) is 24.6 Å². The number of hydrogen-bond donors (Lipinski definition) is 2. The van der Waals surface area contributed by atoms with Crippen molar-refractivity contribution in [2.24, 2.45) is 0 Å². The lowest BCUT2D eigenvalue weighted by Gasteiger charge is -2.41. The van der Waals surface area contributed by atoms with E-state index in [1.165, 1.54) is 44.9 Å². The Morgan fingerprint density at radius 2 is 1.88 bits per heavy atom. The van der Waals surface area contributed by atoms with E-state index in [4.69, 9.17) is 0 Å². The quantitative estimate of drug-likeness (QED) is 0.315. The van der Waals surface area contributed by atoms with E-state index in [9.17, 15) is 4.79 Å². The predicted molar refractivity (Wildman–Crippen MR) is 102 cm³/mol. The molecule has 1 rings (SSSR count). The van der Waals surface area contributed by atoms with Gasteiger partial charge in [0.1, 0.15) is 6.20 Å². The average Bonchev–Trinajstić information content (AvgIpc) is 2.97. The summed E-state index contributed by atoms with van der Waals surface area (Å²) in [6.07, 6.45) is 19.4. The lowest BCUT2D eigenvalue weighted by molar-refractivity contribution is -0.923. The molecule has 3 atom stereocenters. The minimum atomic E-state index is 0.0423. The lowest BCUT2D eigenvalue weighted by atomic mass is 10.1. The van der Waals surface area contributed by atoms with Gasteiger partial charge in [-0.3, -0.25) is 9.28 Å². The number of nitrogens with zero attached hydrogens (tertiary/aromatic N) is 1. The van der Waals surface area contributed by atoms with Crippen LogP contribution in [0.2, 0.25) is 0 Å². The van der Waals surface area contributed by atoms with Crippen LogP contribution in [0.3, 0.4) is 0 Å². The van der Waals surface area contributed by atoms with Crippen molar-refractivity contribution in [2.45, 2.75) is 91.4 Å². The zero-order chi connectivity index (χ0) is 17.8. The Kier molecular flexibility index (Phi) is 9.77. The van der Waals surface area contributed by atoms with Gasteiger partial charge < -0.3 is 10.6 Å². The number of allylic oxidation sites excluding steroid dienone is 2. The number of quaternary nitrogens is 1. The number of nitrogens with one attached hydrogen (secondary N) is 2. The molecule has 0 radical (unpaired) electrons. The van der Waals surface area contributed by atoms with E-state index in [0.29, 0.717) is 6.17 Å². The van der Waals surface area contributed by atoms with Crippen LogP contribution >= 0.6 is 0 Å². The predicted octanol–water partition coefficient (Wildman–Crippen LogP) is 4.40. The topological polar surface area (TPSA) is 41.1 Å². The van der Waals surface area contributed by atoms with Crippen LogP contribution in [0, 0.1) is 0 Å². The molecule has 1 aliphatic rings. The van der Waals surface area contributed by atoms with Gasteiger partial charge in [0.2, 0.25) is 5.91 Å². The summed E-state index contributed by atoms with van der Waals surface area (Å²) in [7, 11) is 0. The van der Waals surface area contributed by atoms with E-state index in [1.807, 2.05) is 0 Å². The summed E-state index contributed by atoms with van der Waals surface area (Å²) in [4.78, 5) is 11.4. The Morgan fingerprint density at radius 3 is 2.46 bits per heavy atom. The molecule has 0 aromatic carbocycles. The smallest absolute Gasteiger partial charge is 0.221 e. The van der Waals surface area contributed by atoms with Crippen LogP contribution in [-0.4, -0.2) is 29.3 Å². The fraction of sp³-hybridized carbons (Fsp3) is 0.750. The van der Waals surface area contributed by atoms with Gasteiger partial charge >= 0.3 is 0 Å². The third-order valence-corrected chi connectivity index (χ3v) is 5.14. The molecule has 0 saturated carbocycles. The zero-order valence-corrected chi connectivity index (χ0v) is 16.2. The molecule has 1 aliphatic heterocycles. The SMILES string of the molecule is CCCCC/C=C/CCCCC1NC=C[N+]1(CC)C(C)NC(C)=O. The van der Waals surface area contributed by atoms with Crippen LogP contribution < -0.4 is 10.6 Å². The molecule has 0 aromatic heterocycles. The second kappa shape index (κ2) is 11.3. The number of carbonyl (C=O) groups is 1. The Labute approximate surface area is 149 Å². The number of amides is 1.